The molecule has 0 fully saturated rings. The van der Waals surface area contributed by atoms with Crippen molar-refractivity contribution in [1.82, 2.24) is 0 Å². The van der Waals surface area contributed by atoms with Crippen LogP contribution in [0, 0.1) is 6.92 Å². The van der Waals surface area contributed by atoms with Gasteiger partial charge in [0.05, 0.1) is 0 Å². The maximum atomic E-state index is 10.6. The Kier molecular flexibility index (Phi) is 9.30. The van der Waals surface area contributed by atoms with Crippen LogP contribution in [0.2, 0.25) is 0 Å². The van der Waals surface area contributed by atoms with E-state index in [2.05, 4.69) is 48.0 Å². The molecular weight excluding hydrogens is 312 g/mol. The summed E-state index contributed by atoms with van der Waals surface area (Å²) in [7, 11) is 1.78. The molecule has 0 aliphatic carbocycles. The largest absolute Gasteiger partial charge is 0.481 e. The summed E-state index contributed by atoms with van der Waals surface area (Å²) in [6.07, 6.45) is 8.97. The van der Waals surface area contributed by atoms with E-state index in [0.29, 0.717) is 0 Å². The highest BCUT2D eigenvalue weighted by Gasteiger charge is 2.10. The number of anilines is 1. The topological polar surface area (TPSA) is 52.9 Å². The minimum Gasteiger partial charge on any atom is -0.481 e. The summed E-state index contributed by atoms with van der Waals surface area (Å²) in [4.78, 5) is 17.1. The van der Waals surface area contributed by atoms with Crippen molar-refractivity contribution >= 4 is 17.4 Å². The van der Waals surface area contributed by atoms with E-state index in [1.165, 1.54) is 11.3 Å². The average Bonchev–Trinajstić information content (AvgIpc) is 2.58. The van der Waals surface area contributed by atoms with E-state index in [4.69, 9.17) is 5.11 Å². The number of carboxylic acid groups (broad SMARTS) is 1. The van der Waals surface area contributed by atoms with E-state index in [0.717, 1.165) is 37.2 Å². The minimum absolute atomic E-state index is 0.248. The number of hydrogen-bond donors (Lipinski definition) is 1. The van der Waals surface area contributed by atoms with Crippen molar-refractivity contribution in [2.24, 2.45) is 4.99 Å². The van der Waals surface area contributed by atoms with Crippen LogP contribution in [0.1, 0.15) is 45.1 Å². The molecule has 25 heavy (non-hydrogen) atoms. The van der Waals surface area contributed by atoms with Crippen LogP contribution in [-0.2, 0) is 4.79 Å². The lowest BCUT2D eigenvalue weighted by Gasteiger charge is -2.27. The predicted molar refractivity (Wildman–Crippen MR) is 107 cm³/mol. The molecule has 136 valence electrons. The van der Waals surface area contributed by atoms with E-state index in [1.807, 2.05) is 25.1 Å². The van der Waals surface area contributed by atoms with Gasteiger partial charge in [-0.2, -0.15) is 0 Å². The molecule has 0 spiro atoms. The molecule has 0 saturated carbocycles. The van der Waals surface area contributed by atoms with E-state index >= 15 is 0 Å². The first-order chi connectivity index (χ1) is 12.0. The fourth-order valence-corrected chi connectivity index (χ4v) is 2.57. The predicted octanol–water partition coefficient (Wildman–Crippen LogP) is 5.00. The second-order valence-corrected chi connectivity index (χ2v) is 6.17. The molecule has 1 aromatic carbocycles. The van der Waals surface area contributed by atoms with E-state index < -0.39 is 5.97 Å². The molecule has 0 aliphatic rings. The van der Waals surface area contributed by atoms with Gasteiger partial charge in [-0.25, -0.2) is 0 Å². The second kappa shape index (κ2) is 11.2. The summed E-state index contributed by atoms with van der Waals surface area (Å²) in [6, 6.07) is 8.34. The Hall–Kier alpha value is -2.36. The summed E-state index contributed by atoms with van der Waals surface area (Å²) in [6.45, 7) is 7.07. The Labute approximate surface area is 151 Å². The third kappa shape index (κ3) is 7.84. The Balaban J connectivity index is 2.84. The molecule has 0 saturated heterocycles. The number of hydrogen-bond acceptors (Lipinski definition) is 3. The Morgan fingerprint density at radius 1 is 1.20 bits per heavy atom. The molecule has 0 bridgehead atoms. The van der Waals surface area contributed by atoms with Gasteiger partial charge in [0, 0.05) is 37.1 Å². The van der Waals surface area contributed by atoms with Gasteiger partial charge in [0.25, 0.3) is 0 Å². The number of carbonyl (C=O) groups is 1. The van der Waals surface area contributed by atoms with Crippen LogP contribution < -0.4 is 4.90 Å². The number of carboxylic acids is 1. The number of benzene rings is 1. The number of rotatable bonds is 10. The molecule has 4 heteroatoms. The Bertz CT molecular complexity index is 645. The molecule has 0 atom stereocenters. The zero-order valence-corrected chi connectivity index (χ0v) is 15.8. The van der Waals surface area contributed by atoms with Crippen molar-refractivity contribution in [2.75, 3.05) is 18.5 Å². The van der Waals surface area contributed by atoms with Crippen molar-refractivity contribution in [1.29, 1.82) is 0 Å². The van der Waals surface area contributed by atoms with Crippen LogP contribution in [-0.4, -0.2) is 30.4 Å². The van der Waals surface area contributed by atoms with E-state index in [1.54, 1.807) is 7.05 Å². The lowest BCUT2D eigenvalue weighted by molar-refractivity contribution is -0.137. The number of para-hydroxylation sites is 1. The van der Waals surface area contributed by atoms with Crippen molar-refractivity contribution < 1.29 is 9.90 Å². The molecule has 4 nitrogen and oxygen atoms in total. The number of allylic oxidation sites excluding steroid dienone is 4. The van der Waals surface area contributed by atoms with E-state index in [9.17, 15) is 4.79 Å². The molecule has 0 heterocycles. The second-order valence-electron chi connectivity index (χ2n) is 6.17. The van der Waals surface area contributed by atoms with Crippen LogP contribution in [0.4, 0.5) is 5.69 Å². The van der Waals surface area contributed by atoms with Crippen molar-refractivity contribution in [2.45, 2.75) is 46.5 Å². The van der Waals surface area contributed by atoms with Gasteiger partial charge < -0.3 is 10.0 Å². The molecule has 0 amide bonds. The number of aliphatic imine (C=N–C) groups is 1. The lowest BCUT2D eigenvalue weighted by Crippen LogP contribution is -2.23. The SMILES string of the molecule is CN=C(C)/C=C/C=C(\C)N(CCCCCC(=O)O)c1ccccc1C. The molecule has 0 radical (unpaired) electrons. The van der Waals surface area contributed by atoms with Crippen molar-refractivity contribution in [3.05, 3.63) is 53.8 Å². The summed E-state index contributed by atoms with van der Waals surface area (Å²) in [5.74, 6) is -0.718. The average molecular weight is 342 g/mol. The van der Waals surface area contributed by atoms with Crippen LogP contribution in [0.15, 0.2) is 53.2 Å². The van der Waals surface area contributed by atoms with Gasteiger partial charge in [-0.05, 0) is 57.4 Å². The van der Waals surface area contributed by atoms with Gasteiger partial charge in [0.2, 0.25) is 0 Å². The first kappa shape index (κ1) is 20.7. The van der Waals surface area contributed by atoms with Crippen LogP contribution in [0.5, 0.6) is 0 Å². The summed E-state index contributed by atoms with van der Waals surface area (Å²) in [5.41, 5.74) is 4.58. The quantitative estimate of drug-likeness (QED) is 0.370. The lowest BCUT2D eigenvalue weighted by atomic mass is 10.1. The fraction of sp³-hybridized carbons (Fsp3) is 0.429. The number of unbranched alkanes of at least 4 members (excludes halogenated alkanes) is 2. The zero-order chi connectivity index (χ0) is 18.7. The van der Waals surface area contributed by atoms with Crippen molar-refractivity contribution in [3.63, 3.8) is 0 Å². The summed E-state index contributed by atoms with van der Waals surface area (Å²) < 4.78 is 0. The van der Waals surface area contributed by atoms with Gasteiger partial charge in [-0.15, -0.1) is 0 Å². The third-order valence-electron chi connectivity index (χ3n) is 4.13. The molecular formula is C21H30N2O2. The molecule has 1 aromatic rings. The highest BCUT2D eigenvalue weighted by molar-refractivity contribution is 5.92. The van der Waals surface area contributed by atoms with Gasteiger partial charge in [0.15, 0.2) is 0 Å². The molecule has 0 aromatic heterocycles. The van der Waals surface area contributed by atoms with Crippen molar-refractivity contribution in [3.8, 4) is 0 Å². The highest BCUT2D eigenvalue weighted by atomic mass is 16.4. The number of nitrogens with zero attached hydrogens (tertiary/aromatic N) is 2. The molecule has 1 rings (SSSR count). The first-order valence-corrected chi connectivity index (χ1v) is 8.79. The molecule has 1 N–H and O–H groups in total. The zero-order valence-electron chi connectivity index (χ0n) is 15.8. The summed E-state index contributed by atoms with van der Waals surface area (Å²) in [5, 5.41) is 8.75. The maximum Gasteiger partial charge on any atom is 0.303 e. The van der Waals surface area contributed by atoms with Crippen LogP contribution >= 0.6 is 0 Å². The first-order valence-electron chi connectivity index (χ1n) is 8.79. The van der Waals surface area contributed by atoms with Gasteiger partial charge in [0.1, 0.15) is 0 Å². The van der Waals surface area contributed by atoms with Crippen LogP contribution in [0.3, 0.4) is 0 Å². The van der Waals surface area contributed by atoms with Gasteiger partial charge in [-0.3, -0.25) is 9.79 Å². The maximum absolute atomic E-state index is 10.6. The number of aliphatic carboxylic acids is 1. The molecule has 0 aliphatic heterocycles. The van der Waals surface area contributed by atoms with E-state index in [-0.39, 0.29) is 6.42 Å². The Morgan fingerprint density at radius 3 is 2.56 bits per heavy atom. The monoisotopic (exact) mass is 342 g/mol. The standard InChI is InChI=1S/C21H30N2O2/c1-17-11-7-8-14-20(17)23(16-9-5-6-15-21(24)25)19(3)13-10-12-18(2)22-4/h7-8,10-14H,5-6,9,15-16H2,1-4H3,(H,24,25)/b12-10+,19-13+,22-18?. The highest BCUT2D eigenvalue weighted by Crippen LogP contribution is 2.24. The smallest absolute Gasteiger partial charge is 0.303 e. The molecule has 0 unspecified atom stereocenters. The van der Waals surface area contributed by atoms with Gasteiger partial charge in [-0.1, -0.05) is 30.7 Å². The minimum atomic E-state index is -0.718. The summed E-state index contributed by atoms with van der Waals surface area (Å²) >= 11 is 0. The van der Waals surface area contributed by atoms with Gasteiger partial charge >= 0.3 is 5.97 Å². The third-order valence-corrected chi connectivity index (χ3v) is 4.13. The fourth-order valence-electron chi connectivity index (χ4n) is 2.57. The number of aryl methyl sites for hydroxylation is 1. The van der Waals surface area contributed by atoms with Crippen LogP contribution in [0.25, 0.3) is 0 Å². The normalized spacial score (nSPS) is 12.6. The Morgan fingerprint density at radius 2 is 1.92 bits per heavy atom.